The van der Waals surface area contributed by atoms with Crippen LogP contribution in [0.25, 0.3) is 0 Å². The van der Waals surface area contributed by atoms with Gasteiger partial charge in [-0.15, -0.1) is 0 Å². The molecule has 0 bridgehead atoms. The Hall–Kier alpha value is -1.45. The number of amides is 1. The van der Waals surface area contributed by atoms with Crippen LogP contribution in [0.5, 0.6) is 0 Å². The summed E-state index contributed by atoms with van der Waals surface area (Å²) >= 11 is 0. The summed E-state index contributed by atoms with van der Waals surface area (Å²) in [6.45, 7) is 0.368. The quantitative estimate of drug-likeness (QED) is 0.520. The lowest BCUT2D eigenvalue weighted by Crippen LogP contribution is -2.14. The topological polar surface area (TPSA) is 67.8 Å². The van der Waals surface area contributed by atoms with E-state index in [0.29, 0.717) is 12.2 Å². The molecule has 0 saturated heterocycles. The number of rotatable bonds is 1. The van der Waals surface area contributed by atoms with Crippen LogP contribution in [-0.2, 0) is 4.79 Å². The molecule has 0 aromatic heterocycles. The second-order valence-corrected chi connectivity index (χ2v) is 1.77. The lowest BCUT2D eigenvalue weighted by Gasteiger charge is -1.87. The SMILES string of the molecule is NC(=O)C1=CC=NCN=C1. The molecule has 0 aromatic carbocycles. The van der Waals surface area contributed by atoms with Crippen molar-refractivity contribution >= 4 is 18.3 Å². The van der Waals surface area contributed by atoms with Crippen LogP contribution in [0.4, 0.5) is 0 Å². The smallest absolute Gasteiger partial charge is 0.250 e. The largest absolute Gasteiger partial charge is 0.366 e. The number of carbonyl (C=O) groups excluding carboxylic acids is 1. The highest BCUT2D eigenvalue weighted by Crippen LogP contribution is 1.90. The number of carbonyl (C=O) groups is 1. The Kier molecular flexibility index (Phi) is 1.94. The lowest BCUT2D eigenvalue weighted by atomic mass is 10.3. The fraction of sp³-hybridized carbons (Fsp3) is 0.167. The van der Waals surface area contributed by atoms with Crippen LogP contribution in [-0.4, -0.2) is 25.0 Å². The maximum absolute atomic E-state index is 10.5. The molecular weight excluding hydrogens is 130 g/mol. The first-order valence-electron chi connectivity index (χ1n) is 2.80. The molecule has 0 fully saturated rings. The van der Waals surface area contributed by atoms with Crippen LogP contribution in [0.3, 0.4) is 0 Å². The van der Waals surface area contributed by atoms with Gasteiger partial charge < -0.3 is 5.73 Å². The Morgan fingerprint density at radius 1 is 1.60 bits per heavy atom. The van der Waals surface area contributed by atoms with E-state index in [4.69, 9.17) is 5.73 Å². The molecule has 0 atom stereocenters. The molecule has 10 heavy (non-hydrogen) atoms. The van der Waals surface area contributed by atoms with E-state index in [1.54, 1.807) is 6.08 Å². The molecule has 4 nitrogen and oxygen atoms in total. The molecule has 1 rings (SSSR count). The third-order valence-electron chi connectivity index (χ3n) is 1.04. The molecule has 52 valence electrons. The Balaban J connectivity index is 2.83. The highest BCUT2D eigenvalue weighted by atomic mass is 16.1. The molecule has 1 aliphatic heterocycles. The Morgan fingerprint density at radius 2 is 2.40 bits per heavy atom. The van der Waals surface area contributed by atoms with Crippen molar-refractivity contribution in [1.82, 2.24) is 0 Å². The first kappa shape index (κ1) is 6.67. The zero-order chi connectivity index (χ0) is 7.40. The molecule has 0 radical (unpaired) electrons. The van der Waals surface area contributed by atoms with Crippen molar-refractivity contribution in [2.24, 2.45) is 15.7 Å². The minimum absolute atomic E-state index is 0.368. The first-order valence-corrected chi connectivity index (χ1v) is 2.80. The van der Waals surface area contributed by atoms with Gasteiger partial charge >= 0.3 is 0 Å². The van der Waals surface area contributed by atoms with Gasteiger partial charge in [0.15, 0.2) is 0 Å². The van der Waals surface area contributed by atoms with Crippen LogP contribution in [0.2, 0.25) is 0 Å². The summed E-state index contributed by atoms with van der Waals surface area (Å²) in [7, 11) is 0. The molecule has 4 heteroatoms. The van der Waals surface area contributed by atoms with Crippen LogP contribution in [0, 0.1) is 0 Å². The van der Waals surface area contributed by atoms with E-state index in [2.05, 4.69) is 9.98 Å². The van der Waals surface area contributed by atoms with Crippen LogP contribution < -0.4 is 5.73 Å². The predicted octanol–water partition coefficient (Wildman–Crippen LogP) is -0.489. The molecule has 1 heterocycles. The molecular formula is C6H7N3O. The van der Waals surface area contributed by atoms with E-state index in [1.807, 2.05) is 0 Å². The van der Waals surface area contributed by atoms with Gasteiger partial charge in [-0.25, -0.2) is 0 Å². The minimum Gasteiger partial charge on any atom is -0.366 e. The summed E-state index contributed by atoms with van der Waals surface area (Å²) < 4.78 is 0. The summed E-state index contributed by atoms with van der Waals surface area (Å²) in [5.74, 6) is -0.475. The number of aliphatic imine (C=N–C) groups is 2. The summed E-state index contributed by atoms with van der Waals surface area (Å²) in [4.78, 5) is 18.1. The van der Waals surface area contributed by atoms with Crippen molar-refractivity contribution in [3.63, 3.8) is 0 Å². The fourth-order valence-electron chi connectivity index (χ4n) is 0.555. The zero-order valence-electron chi connectivity index (χ0n) is 5.32. The monoisotopic (exact) mass is 137 g/mol. The number of hydrogen-bond donors (Lipinski definition) is 1. The molecule has 0 spiro atoms. The van der Waals surface area contributed by atoms with Crippen molar-refractivity contribution in [1.29, 1.82) is 0 Å². The number of nitrogens with two attached hydrogens (primary N) is 1. The highest BCUT2D eigenvalue weighted by molar-refractivity contribution is 6.14. The maximum Gasteiger partial charge on any atom is 0.250 e. The second kappa shape index (κ2) is 2.91. The van der Waals surface area contributed by atoms with Crippen molar-refractivity contribution in [3.8, 4) is 0 Å². The van der Waals surface area contributed by atoms with E-state index in [1.165, 1.54) is 12.4 Å². The van der Waals surface area contributed by atoms with Crippen molar-refractivity contribution in [2.75, 3.05) is 6.67 Å². The molecule has 0 unspecified atom stereocenters. The molecule has 0 saturated carbocycles. The number of hydrogen-bond acceptors (Lipinski definition) is 3. The van der Waals surface area contributed by atoms with Gasteiger partial charge in [-0.2, -0.15) is 0 Å². The first-order chi connectivity index (χ1) is 4.80. The van der Waals surface area contributed by atoms with E-state index >= 15 is 0 Å². The number of primary amides is 1. The fourth-order valence-corrected chi connectivity index (χ4v) is 0.555. The van der Waals surface area contributed by atoms with Crippen molar-refractivity contribution < 1.29 is 4.79 Å². The van der Waals surface area contributed by atoms with Gasteiger partial charge in [0, 0.05) is 12.4 Å². The van der Waals surface area contributed by atoms with Crippen LogP contribution >= 0.6 is 0 Å². The van der Waals surface area contributed by atoms with E-state index in [0.717, 1.165) is 0 Å². The zero-order valence-corrected chi connectivity index (χ0v) is 5.32. The van der Waals surface area contributed by atoms with Gasteiger partial charge in [-0.1, -0.05) is 0 Å². The third kappa shape index (κ3) is 1.51. The highest BCUT2D eigenvalue weighted by Gasteiger charge is 1.99. The minimum atomic E-state index is -0.475. The van der Waals surface area contributed by atoms with Gasteiger partial charge in [-0.05, 0) is 6.08 Å². The third-order valence-corrected chi connectivity index (χ3v) is 1.04. The average molecular weight is 137 g/mol. The standard InChI is InChI=1S/C6H7N3O/c7-6(10)5-1-2-8-4-9-3-5/h1-3H,4H2,(H2,7,10). The summed E-state index contributed by atoms with van der Waals surface area (Å²) in [5.41, 5.74) is 5.37. The van der Waals surface area contributed by atoms with Gasteiger partial charge in [-0.3, -0.25) is 14.8 Å². The van der Waals surface area contributed by atoms with Crippen LogP contribution in [0.15, 0.2) is 21.6 Å². The molecule has 1 aliphatic rings. The summed E-state index contributed by atoms with van der Waals surface area (Å²) in [5, 5.41) is 0. The predicted molar refractivity (Wildman–Crippen MR) is 39.1 cm³/mol. The normalized spacial score (nSPS) is 16.2. The Bertz CT molecular complexity index is 227. The summed E-state index contributed by atoms with van der Waals surface area (Å²) in [6.07, 6.45) is 4.49. The van der Waals surface area contributed by atoms with Gasteiger partial charge in [0.1, 0.15) is 6.67 Å². The maximum atomic E-state index is 10.5. The van der Waals surface area contributed by atoms with Gasteiger partial charge in [0.05, 0.1) is 5.57 Å². The number of nitrogens with zero attached hydrogens (tertiary/aromatic N) is 2. The molecule has 2 N–H and O–H groups in total. The summed E-state index contributed by atoms with van der Waals surface area (Å²) in [6, 6.07) is 0. The molecule has 1 amide bonds. The second-order valence-electron chi connectivity index (χ2n) is 1.77. The Morgan fingerprint density at radius 3 is 3.10 bits per heavy atom. The van der Waals surface area contributed by atoms with E-state index in [-0.39, 0.29) is 0 Å². The van der Waals surface area contributed by atoms with Crippen molar-refractivity contribution in [3.05, 3.63) is 11.6 Å². The van der Waals surface area contributed by atoms with Gasteiger partial charge in [0.25, 0.3) is 0 Å². The lowest BCUT2D eigenvalue weighted by molar-refractivity contribution is -0.114. The average Bonchev–Trinajstić information content (AvgIpc) is 2.12. The van der Waals surface area contributed by atoms with E-state index in [9.17, 15) is 4.79 Å². The molecule has 0 aliphatic carbocycles. The van der Waals surface area contributed by atoms with Crippen LogP contribution in [0.1, 0.15) is 0 Å². The van der Waals surface area contributed by atoms with E-state index < -0.39 is 5.91 Å². The Labute approximate surface area is 58.2 Å². The molecule has 0 aromatic rings. The van der Waals surface area contributed by atoms with Gasteiger partial charge in [0.2, 0.25) is 5.91 Å². The van der Waals surface area contributed by atoms with Crippen molar-refractivity contribution in [2.45, 2.75) is 0 Å². The number of allylic oxidation sites excluding steroid dienone is 1.